The Morgan fingerprint density at radius 3 is 2.23 bits per heavy atom. The quantitative estimate of drug-likeness (QED) is 0.230. The maximum absolute atomic E-state index is 11.9. The Labute approximate surface area is 184 Å². The molecule has 1 atom stereocenters. The highest BCUT2D eigenvalue weighted by Crippen LogP contribution is 2.18. The van der Waals surface area contributed by atoms with Crippen molar-refractivity contribution in [3.63, 3.8) is 0 Å². The number of carbonyl (C=O) groups is 2. The van der Waals surface area contributed by atoms with Gasteiger partial charge in [-0.05, 0) is 44.7 Å². The lowest BCUT2D eigenvalue weighted by Gasteiger charge is -2.25. The predicted molar refractivity (Wildman–Crippen MR) is 122 cm³/mol. The zero-order chi connectivity index (χ0) is 22.0. The molecule has 0 bridgehead atoms. The van der Waals surface area contributed by atoms with Crippen molar-refractivity contribution in [1.82, 2.24) is 9.80 Å². The number of carbonyl (C=O) groups excluding carboxylic acids is 1. The Hall–Kier alpha value is -1.30. The lowest BCUT2D eigenvalue weighted by atomic mass is 10.1. The fraction of sp³-hybridized carbons (Fsp3) is 0.917. The molecule has 1 saturated heterocycles. The maximum Gasteiger partial charge on any atom is 0.407 e. The fourth-order valence-corrected chi connectivity index (χ4v) is 4.16. The molecule has 0 aromatic carbocycles. The van der Waals surface area contributed by atoms with Gasteiger partial charge < -0.3 is 19.6 Å². The molecule has 1 amide bonds. The Kier molecular flexibility index (Phi) is 15.5. The molecular weight excluding hydrogens is 380 g/mol. The first-order chi connectivity index (χ1) is 14.6. The molecule has 1 aliphatic rings. The molecule has 30 heavy (non-hydrogen) atoms. The molecule has 0 aromatic rings. The minimum absolute atomic E-state index is 0.0834. The van der Waals surface area contributed by atoms with Crippen LogP contribution in [-0.4, -0.2) is 66.3 Å². The van der Waals surface area contributed by atoms with Crippen LogP contribution in [0.4, 0.5) is 4.79 Å². The molecule has 0 radical (unpaired) electrons. The van der Waals surface area contributed by atoms with Crippen LogP contribution >= 0.6 is 0 Å². The zero-order valence-electron chi connectivity index (χ0n) is 19.6. The molecule has 1 rings (SSSR count). The number of hydrogen-bond donors (Lipinski definition) is 1. The lowest BCUT2D eigenvalue weighted by molar-refractivity contribution is -0.144. The first kappa shape index (κ1) is 26.7. The van der Waals surface area contributed by atoms with Crippen LogP contribution in [0.3, 0.4) is 0 Å². The van der Waals surface area contributed by atoms with Gasteiger partial charge in [0.05, 0.1) is 6.61 Å². The monoisotopic (exact) mass is 426 g/mol. The third-order valence-electron chi connectivity index (χ3n) is 6.02. The standard InChI is InChI=1S/C24H46N2O4/c1-3-5-7-8-9-10-11-16-25(20-22-15-18-26(21-22)24(28)29)17-13-14-23(27)30-19-12-6-4-2/h22H,3-21H2,1-2H3,(H,28,29). The molecule has 1 N–H and O–H groups in total. The third-order valence-corrected chi connectivity index (χ3v) is 6.02. The van der Waals surface area contributed by atoms with Gasteiger partial charge in [0.15, 0.2) is 0 Å². The van der Waals surface area contributed by atoms with E-state index in [-0.39, 0.29) is 5.97 Å². The summed E-state index contributed by atoms with van der Waals surface area (Å²) in [6.45, 7) is 9.09. The number of likely N-dealkylation sites (tertiary alicyclic amines) is 1. The van der Waals surface area contributed by atoms with Gasteiger partial charge in [-0.2, -0.15) is 0 Å². The van der Waals surface area contributed by atoms with Crippen molar-refractivity contribution in [1.29, 1.82) is 0 Å². The number of hydrogen-bond acceptors (Lipinski definition) is 4. The second kappa shape index (κ2) is 17.4. The van der Waals surface area contributed by atoms with Gasteiger partial charge in [0.2, 0.25) is 0 Å². The van der Waals surface area contributed by atoms with E-state index in [2.05, 4.69) is 18.7 Å². The minimum Gasteiger partial charge on any atom is -0.466 e. The largest absolute Gasteiger partial charge is 0.466 e. The number of amides is 1. The van der Waals surface area contributed by atoms with E-state index in [1.807, 2.05) is 0 Å². The highest BCUT2D eigenvalue weighted by Gasteiger charge is 2.27. The van der Waals surface area contributed by atoms with Crippen LogP contribution in [0.15, 0.2) is 0 Å². The molecule has 0 aliphatic carbocycles. The summed E-state index contributed by atoms with van der Waals surface area (Å²) in [4.78, 5) is 27.1. The SMILES string of the molecule is CCCCCCCCCN(CCCC(=O)OCCCCC)CC1CCN(C(=O)O)C1. The second-order valence-corrected chi connectivity index (χ2v) is 8.84. The van der Waals surface area contributed by atoms with Gasteiger partial charge in [-0.3, -0.25) is 4.79 Å². The predicted octanol–water partition coefficient (Wildman–Crippen LogP) is 5.55. The molecule has 0 aromatic heterocycles. The molecule has 6 heteroatoms. The molecule has 6 nitrogen and oxygen atoms in total. The topological polar surface area (TPSA) is 70.1 Å². The maximum atomic E-state index is 11.9. The molecule has 1 aliphatic heterocycles. The van der Waals surface area contributed by atoms with Crippen LogP contribution in [0.2, 0.25) is 0 Å². The number of unbranched alkanes of at least 4 members (excludes halogenated alkanes) is 8. The van der Waals surface area contributed by atoms with E-state index in [0.717, 1.165) is 51.7 Å². The Morgan fingerprint density at radius 2 is 1.57 bits per heavy atom. The fourth-order valence-electron chi connectivity index (χ4n) is 4.16. The minimum atomic E-state index is -0.804. The summed E-state index contributed by atoms with van der Waals surface area (Å²) in [6.07, 6.45) is 13.6. The highest BCUT2D eigenvalue weighted by atomic mass is 16.5. The molecule has 1 fully saturated rings. The van der Waals surface area contributed by atoms with Crippen molar-refractivity contribution in [2.24, 2.45) is 5.92 Å². The van der Waals surface area contributed by atoms with Crippen LogP contribution in [0.5, 0.6) is 0 Å². The zero-order valence-corrected chi connectivity index (χ0v) is 19.6. The van der Waals surface area contributed by atoms with Gasteiger partial charge >= 0.3 is 12.1 Å². The van der Waals surface area contributed by atoms with Gasteiger partial charge in [0, 0.05) is 26.1 Å². The lowest BCUT2D eigenvalue weighted by Crippen LogP contribution is -2.34. The van der Waals surface area contributed by atoms with E-state index in [1.165, 1.54) is 49.8 Å². The first-order valence-electron chi connectivity index (χ1n) is 12.4. The molecular formula is C24H46N2O4. The van der Waals surface area contributed by atoms with Crippen LogP contribution in [0.1, 0.15) is 97.3 Å². The molecule has 0 saturated carbocycles. The summed E-state index contributed by atoms with van der Waals surface area (Å²) in [5, 5.41) is 9.20. The first-order valence-corrected chi connectivity index (χ1v) is 12.4. The van der Waals surface area contributed by atoms with Gasteiger partial charge in [-0.25, -0.2) is 4.79 Å². The van der Waals surface area contributed by atoms with Crippen LogP contribution in [0, 0.1) is 5.92 Å². The number of carboxylic acid groups (broad SMARTS) is 1. The van der Waals surface area contributed by atoms with Crippen LogP contribution < -0.4 is 0 Å². The van der Waals surface area contributed by atoms with E-state index in [4.69, 9.17) is 4.74 Å². The number of rotatable bonds is 18. The van der Waals surface area contributed by atoms with Gasteiger partial charge in [-0.15, -0.1) is 0 Å². The molecule has 0 spiro atoms. The van der Waals surface area contributed by atoms with Crippen molar-refractivity contribution >= 4 is 12.1 Å². The second-order valence-electron chi connectivity index (χ2n) is 8.84. The van der Waals surface area contributed by atoms with Gasteiger partial charge in [0.25, 0.3) is 0 Å². The van der Waals surface area contributed by atoms with Crippen molar-refractivity contribution in [3.05, 3.63) is 0 Å². The smallest absolute Gasteiger partial charge is 0.407 e. The Morgan fingerprint density at radius 1 is 0.933 bits per heavy atom. The van der Waals surface area contributed by atoms with Crippen molar-refractivity contribution in [2.45, 2.75) is 97.3 Å². The van der Waals surface area contributed by atoms with E-state index >= 15 is 0 Å². The Bertz CT molecular complexity index is 458. The number of ether oxygens (including phenoxy) is 1. The van der Waals surface area contributed by atoms with Crippen molar-refractivity contribution in [2.75, 3.05) is 39.3 Å². The van der Waals surface area contributed by atoms with Crippen molar-refractivity contribution < 1.29 is 19.4 Å². The molecule has 1 heterocycles. The summed E-state index contributed by atoms with van der Waals surface area (Å²) in [6, 6.07) is 0. The highest BCUT2D eigenvalue weighted by molar-refractivity contribution is 5.69. The normalized spacial score (nSPS) is 16.4. The average Bonchev–Trinajstić information content (AvgIpc) is 3.19. The van der Waals surface area contributed by atoms with E-state index in [9.17, 15) is 14.7 Å². The van der Waals surface area contributed by atoms with Gasteiger partial charge in [-0.1, -0.05) is 65.2 Å². The number of esters is 1. The third kappa shape index (κ3) is 13.1. The van der Waals surface area contributed by atoms with E-state index in [0.29, 0.717) is 32.0 Å². The van der Waals surface area contributed by atoms with Gasteiger partial charge in [0.1, 0.15) is 0 Å². The average molecular weight is 427 g/mol. The summed E-state index contributed by atoms with van der Waals surface area (Å²) in [7, 11) is 0. The summed E-state index contributed by atoms with van der Waals surface area (Å²) in [5.74, 6) is 0.326. The van der Waals surface area contributed by atoms with Crippen molar-refractivity contribution in [3.8, 4) is 0 Å². The molecule has 176 valence electrons. The summed E-state index contributed by atoms with van der Waals surface area (Å²) >= 11 is 0. The molecule has 1 unspecified atom stereocenters. The number of nitrogens with zero attached hydrogens (tertiary/aromatic N) is 2. The Balaban J connectivity index is 2.31. The van der Waals surface area contributed by atoms with E-state index < -0.39 is 6.09 Å². The summed E-state index contributed by atoms with van der Waals surface area (Å²) < 4.78 is 5.32. The van der Waals surface area contributed by atoms with Crippen LogP contribution in [0.25, 0.3) is 0 Å². The van der Waals surface area contributed by atoms with E-state index in [1.54, 1.807) is 0 Å². The summed E-state index contributed by atoms with van der Waals surface area (Å²) in [5.41, 5.74) is 0. The van der Waals surface area contributed by atoms with Crippen LogP contribution in [-0.2, 0) is 9.53 Å².